The van der Waals surface area contributed by atoms with E-state index in [4.69, 9.17) is 0 Å². The van der Waals surface area contributed by atoms with Gasteiger partial charge >= 0.3 is 0 Å². The summed E-state index contributed by atoms with van der Waals surface area (Å²) in [4.78, 5) is 2.60. The first kappa shape index (κ1) is 15.0. The van der Waals surface area contributed by atoms with Crippen molar-refractivity contribution in [3.63, 3.8) is 0 Å². The maximum atomic E-state index is 3.66. The molecule has 1 fully saturated rings. The van der Waals surface area contributed by atoms with E-state index in [-0.39, 0.29) is 0 Å². The van der Waals surface area contributed by atoms with E-state index in [0.29, 0.717) is 12.1 Å². The maximum absolute atomic E-state index is 3.66. The molecule has 2 nitrogen and oxygen atoms in total. The molecule has 1 aromatic rings. The molecular formula is C16H25BrN2. The van der Waals surface area contributed by atoms with Crippen LogP contribution in [0.1, 0.15) is 38.7 Å². The Kier molecular flexibility index (Phi) is 5.86. The first-order chi connectivity index (χ1) is 9.20. The maximum Gasteiger partial charge on any atom is 0.0247 e. The van der Waals surface area contributed by atoms with Crippen LogP contribution in [-0.4, -0.2) is 30.1 Å². The quantitative estimate of drug-likeness (QED) is 0.886. The first-order valence-electron chi connectivity index (χ1n) is 7.41. The molecule has 0 radical (unpaired) electrons. The minimum Gasteiger partial charge on any atom is -0.314 e. The van der Waals surface area contributed by atoms with Crippen LogP contribution in [0.3, 0.4) is 0 Å². The minimum atomic E-state index is 0.662. The van der Waals surface area contributed by atoms with E-state index in [9.17, 15) is 0 Å². The molecule has 19 heavy (non-hydrogen) atoms. The van der Waals surface area contributed by atoms with Crippen LogP contribution >= 0.6 is 15.9 Å². The molecule has 1 aliphatic heterocycles. The third kappa shape index (κ3) is 4.30. The number of nitrogens with one attached hydrogen (secondary N) is 1. The molecule has 106 valence electrons. The molecule has 0 saturated carbocycles. The third-order valence-corrected chi connectivity index (χ3v) is 4.80. The van der Waals surface area contributed by atoms with Crippen molar-refractivity contribution in [3.05, 3.63) is 34.3 Å². The van der Waals surface area contributed by atoms with Crippen molar-refractivity contribution in [2.45, 2.75) is 51.7 Å². The number of hydrogen-bond donors (Lipinski definition) is 1. The number of halogens is 1. The van der Waals surface area contributed by atoms with Gasteiger partial charge in [0.05, 0.1) is 0 Å². The van der Waals surface area contributed by atoms with Crippen LogP contribution in [0, 0.1) is 0 Å². The van der Waals surface area contributed by atoms with E-state index in [2.05, 4.69) is 64.3 Å². The summed E-state index contributed by atoms with van der Waals surface area (Å²) >= 11 is 3.65. The lowest BCUT2D eigenvalue weighted by Crippen LogP contribution is -2.47. The van der Waals surface area contributed by atoms with Gasteiger partial charge in [0.1, 0.15) is 0 Å². The van der Waals surface area contributed by atoms with Crippen LogP contribution in [-0.2, 0) is 6.54 Å². The smallest absolute Gasteiger partial charge is 0.0247 e. The molecule has 1 saturated heterocycles. The van der Waals surface area contributed by atoms with Gasteiger partial charge < -0.3 is 5.32 Å². The Bertz CT molecular complexity index is 394. The van der Waals surface area contributed by atoms with E-state index in [1.807, 2.05) is 0 Å². The minimum absolute atomic E-state index is 0.662. The van der Waals surface area contributed by atoms with E-state index in [1.54, 1.807) is 0 Å². The van der Waals surface area contributed by atoms with Gasteiger partial charge in [-0.05, 0) is 44.4 Å². The lowest BCUT2D eigenvalue weighted by atomic mass is 9.97. The summed E-state index contributed by atoms with van der Waals surface area (Å²) in [6.07, 6.45) is 3.77. The monoisotopic (exact) mass is 324 g/mol. The summed E-state index contributed by atoms with van der Waals surface area (Å²) in [6, 6.07) is 9.94. The Labute approximate surface area is 125 Å². The number of piperidine rings is 1. The zero-order valence-corrected chi connectivity index (χ0v) is 13.6. The molecule has 1 N–H and O–H groups in total. The molecule has 0 amide bonds. The second-order valence-electron chi connectivity index (χ2n) is 5.59. The van der Waals surface area contributed by atoms with Crippen molar-refractivity contribution < 1.29 is 0 Å². The van der Waals surface area contributed by atoms with Gasteiger partial charge in [0.2, 0.25) is 0 Å². The fourth-order valence-electron chi connectivity index (χ4n) is 2.83. The molecule has 0 aromatic heterocycles. The van der Waals surface area contributed by atoms with Crippen molar-refractivity contribution in [1.29, 1.82) is 0 Å². The summed E-state index contributed by atoms with van der Waals surface area (Å²) in [5, 5.41) is 3.66. The number of rotatable bonds is 5. The van der Waals surface area contributed by atoms with Gasteiger partial charge in [0.15, 0.2) is 0 Å². The van der Waals surface area contributed by atoms with E-state index < -0.39 is 0 Å². The normalized spacial score (nSPS) is 24.6. The highest BCUT2D eigenvalue weighted by Gasteiger charge is 2.25. The summed E-state index contributed by atoms with van der Waals surface area (Å²) in [6.45, 7) is 8.00. The molecular weight excluding hydrogens is 300 g/mol. The van der Waals surface area contributed by atoms with Crippen LogP contribution < -0.4 is 5.32 Å². The van der Waals surface area contributed by atoms with Crippen molar-refractivity contribution in [1.82, 2.24) is 10.2 Å². The molecule has 0 aliphatic carbocycles. The molecule has 1 aromatic carbocycles. The number of nitrogens with zero attached hydrogens (tertiary/aromatic N) is 1. The Balaban J connectivity index is 1.88. The third-order valence-electron chi connectivity index (χ3n) is 4.03. The summed E-state index contributed by atoms with van der Waals surface area (Å²) in [5.41, 5.74) is 1.40. The van der Waals surface area contributed by atoms with Gasteiger partial charge in [-0.2, -0.15) is 0 Å². The Morgan fingerprint density at radius 3 is 2.84 bits per heavy atom. The lowest BCUT2D eigenvalue weighted by molar-refractivity contribution is 0.128. The van der Waals surface area contributed by atoms with Gasteiger partial charge in [-0.3, -0.25) is 4.90 Å². The molecule has 1 heterocycles. The predicted molar refractivity (Wildman–Crippen MR) is 85.3 cm³/mol. The Morgan fingerprint density at radius 1 is 1.37 bits per heavy atom. The SMILES string of the molecule is CCCNC1CCN(Cc2ccccc2Br)C(C)C1. The van der Waals surface area contributed by atoms with Crippen molar-refractivity contribution >= 4 is 15.9 Å². The highest BCUT2D eigenvalue weighted by atomic mass is 79.9. The highest BCUT2D eigenvalue weighted by molar-refractivity contribution is 9.10. The molecule has 3 heteroatoms. The van der Waals surface area contributed by atoms with Crippen LogP contribution in [0.4, 0.5) is 0 Å². The number of hydrogen-bond acceptors (Lipinski definition) is 2. The van der Waals surface area contributed by atoms with E-state index >= 15 is 0 Å². The largest absolute Gasteiger partial charge is 0.314 e. The molecule has 0 spiro atoms. The standard InChI is InChI=1S/C16H25BrN2/c1-3-9-18-15-8-10-19(13(2)11-15)12-14-6-4-5-7-16(14)17/h4-7,13,15,18H,3,8-12H2,1-2H3. The van der Waals surface area contributed by atoms with Gasteiger partial charge in [0.25, 0.3) is 0 Å². The second-order valence-corrected chi connectivity index (χ2v) is 6.44. The molecule has 2 atom stereocenters. The van der Waals surface area contributed by atoms with Gasteiger partial charge in [0, 0.05) is 29.6 Å². The predicted octanol–water partition coefficient (Wildman–Crippen LogP) is 3.80. The summed E-state index contributed by atoms with van der Waals surface area (Å²) in [5.74, 6) is 0. The Morgan fingerprint density at radius 2 is 2.16 bits per heavy atom. The highest BCUT2D eigenvalue weighted by Crippen LogP contribution is 2.23. The van der Waals surface area contributed by atoms with Gasteiger partial charge in [-0.25, -0.2) is 0 Å². The average molecular weight is 325 g/mol. The zero-order chi connectivity index (χ0) is 13.7. The van der Waals surface area contributed by atoms with Crippen LogP contribution in [0.25, 0.3) is 0 Å². The fourth-order valence-corrected chi connectivity index (χ4v) is 3.25. The lowest BCUT2D eigenvalue weighted by Gasteiger charge is -2.38. The van der Waals surface area contributed by atoms with Crippen molar-refractivity contribution in [2.75, 3.05) is 13.1 Å². The van der Waals surface area contributed by atoms with Gasteiger partial charge in [-0.1, -0.05) is 41.1 Å². The Hall–Kier alpha value is -0.380. The van der Waals surface area contributed by atoms with Crippen LogP contribution in [0.5, 0.6) is 0 Å². The fraction of sp³-hybridized carbons (Fsp3) is 0.625. The molecule has 1 aliphatic rings. The molecule has 0 bridgehead atoms. The zero-order valence-electron chi connectivity index (χ0n) is 12.0. The number of benzene rings is 1. The molecule has 2 unspecified atom stereocenters. The van der Waals surface area contributed by atoms with Crippen LogP contribution in [0.2, 0.25) is 0 Å². The van der Waals surface area contributed by atoms with Gasteiger partial charge in [-0.15, -0.1) is 0 Å². The second kappa shape index (κ2) is 7.41. The average Bonchev–Trinajstić information content (AvgIpc) is 2.41. The van der Waals surface area contributed by atoms with Crippen molar-refractivity contribution in [2.24, 2.45) is 0 Å². The summed E-state index contributed by atoms with van der Waals surface area (Å²) in [7, 11) is 0. The van der Waals surface area contributed by atoms with Crippen LogP contribution in [0.15, 0.2) is 28.7 Å². The molecule has 2 rings (SSSR count). The van der Waals surface area contributed by atoms with E-state index in [0.717, 1.165) is 13.1 Å². The van der Waals surface area contributed by atoms with Crippen molar-refractivity contribution in [3.8, 4) is 0 Å². The number of likely N-dealkylation sites (tertiary alicyclic amines) is 1. The topological polar surface area (TPSA) is 15.3 Å². The first-order valence-corrected chi connectivity index (χ1v) is 8.20. The van der Waals surface area contributed by atoms with E-state index in [1.165, 1.54) is 35.8 Å². The summed E-state index contributed by atoms with van der Waals surface area (Å²) < 4.78 is 1.23.